The molecule has 0 aliphatic carbocycles. The molecule has 2 bridgehead atoms. The normalized spacial score (nSPS) is 25.4. The van der Waals surface area contributed by atoms with Gasteiger partial charge in [-0.25, -0.2) is 9.59 Å². The molecule has 77 heavy (non-hydrogen) atoms. The van der Waals surface area contributed by atoms with Crippen molar-refractivity contribution >= 4 is 105 Å². The molecule has 4 aromatic rings. The van der Waals surface area contributed by atoms with Crippen molar-refractivity contribution in [3.8, 4) is 0 Å². The second-order valence-corrected chi connectivity index (χ2v) is 22.1. The van der Waals surface area contributed by atoms with Crippen molar-refractivity contribution in [3.63, 3.8) is 0 Å². The van der Waals surface area contributed by atoms with Crippen LogP contribution in [0.15, 0.2) is 73.1 Å². The molecular weight excluding hydrogens is 1030 g/mol. The van der Waals surface area contributed by atoms with Crippen molar-refractivity contribution in [1.29, 1.82) is 0 Å². The van der Waals surface area contributed by atoms with Crippen LogP contribution < -0.4 is 21.3 Å². The van der Waals surface area contributed by atoms with E-state index in [1.165, 1.54) is 54.4 Å². The van der Waals surface area contributed by atoms with Gasteiger partial charge in [-0.15, -0.1) is 23.5 Å². The highest BCUT2D eigenvalue weighted by molar-refractivity contribution is 8.16. The number of aromatic nitrogens is 2. The molecule has 0 saturated carbocycles. The van der Waals surface area contributed by atoms with Gasteiger partial charge in [-0.05, 0) is 56.2 Å². The Balaban J connectivity index is 1.43. The van der Waals surface area contributed by atoms with E-state index in [0.29, 0.717) is 21.8 Å². The van der Waals surface area contributed by atoms with Crippen molar-refractivity contribution in [2.75, 3.05) is 53.4 Å². The van der Waals surface area contributed by atoms with Crippen LogP contribution in [-0.2, 0) is 47.8 Å². The lowest BCUT2D eigenvalue weighted by atomic mass is 10.0. The van der Waals surface area contributed by atoms with Crippen LogP contribution in [-0.4, -0.2) is 195 Å². The number of hydrogen-bond donors (Lipinski definition) is 4. The number of pyridine rings is 2. The Hall–Kier alpha value is -7.34. The first-order valence-electron chi connectivity index (χ1n) is 24.9. The van der Waals surface area contributed by atoms with Crippen LogP contribution in [0.25, 0.3) is 21.8 Å². The number of cyclic esters (lactones) is 2. The molecule has 2 aliphatic rings. The predicted molar refractivity (Wildman–Crippen MR) is 289 cm³/mol. The van der Waals surface area contributed by atoms with Gasteiger partial charge in [0, 0.05) is 57.1 Å². The summed E-state index contributed by atoms with van der Waals surface area (Å²) in [4.78, 5) is 157. The average Bonchev–Trinajstić information content (AvgIpc) is 3.40. The summed E-state index contributed by atoms with van der Waals surface area (Å²) < 4.78 is 10.6. The number of nitrogens with one attached hydrogen (secondary N) is 4. The highest BCUT2D eigenvalue weighted by Crippen LogP contribution is 2.32. The van der Waals surface area contributed by atoms with E-state index in [1.54, 1.807) is 94.6 Å². The minimum Gasteiger partial charge on any atom is -0.461 e. The largest absolute Gasteiger partial charge is 0.461 e. The number of benzene rings is 2. The fraction of sp³-hybridized carbons (Fsp3) is 0.472. The second kappa shape index (κ2) is 25.7. The van der Waals surface area contributed by atoms with Gasteiger partial charge in [0.25, 0.3) is 11.8 Å². The molecule has 8 amide bonds. The Morgan fingerprint density at radius 1 is 0.623 bits per heavy atom. The second-order valence-electron chi connectivity index (χ2n) is 19.7. The van der Waals surface area contributed by atoms with E-state index in [9.17, 15) is 38.4 Å². The van der Waals surface area contributed by atoms with Crippen LogP contribution >= 0.6 is 23.5 Å². The third kappa shape index (κ3) is 13.6. The molecule has 0 unspecified atom stereocenters. The lowest BCUT2D eigenvalue weighted by molar-refractivity contribution is -0.160. The number of hydrogen-bond acceptors (Lipinski definition) is 16. The summed E-state index contributed by atoms with van der Waals surface area (Å²) in [6.07, 6.45) is 4.30. The van der Waals surface area contributed by atoms with Crippen LogP contribution in [0.5, 0.6) is 0 Å². The van der Waals surface area contributed by atoms with Gasteiger partial charge in [-0.3, -0.25) is 48.3 Å². The Bertz CT molecular complexity index is 2930. The Kier molecular flexibility index (Phi) is 19.6. The van der Waals surface area contributed by atoms with E-state index in [1.807, 2.05) is 0 Å². The molecule has 22 nitrogen and oxygen atoms in total. The smallest absolute Gasteiger partial charge is 0.329 e. The van der Waals surface area contributed by atoms with Gasteiger partial charge in [0.15, 0.2) is 0 Å². The quantitative estimate of drug-likeness (QED) is 0.192. The zero-order valence-corrected chi connectivity index (χ0v) is 46.4. The van der Waals surface area contributed by atoms with Crippen molar-refractivity contribution in [2.24, 2.45) is 11.8 Å². The number of fused-ring (bicyclic) bond motifs is 6. The Morgan fingerprint density at radius 3 is 1.47 bits per heavy atom. The Labute approximate surface area is 454 Å². The third-order valence-corrected chi connectivity index (χ3v) is 16.3. The van der Waals surface area contributed by atoms with E-state index >= 15 is 9.59 Å². The molecule has 2 saturated heterocycles. The number of esters is 2. The molecule has 4 N–H and O–H groups in total. The molecule has 2 aliphatic heterocycles. The van der Waals surface area contributed by atoms with Gasteiger partial charge in [-0.1, -0.05) is 64.1 Å². The third-order valence-electron chi connectivity index (χ3n) is 13.5. The lowest BCUT2D eigenvalue weighted by Crippen LogP contribution is -2.60. The van der Waals surface area contributed by atoms with Crippen molar-refractivity contribution < 1.29 is 57.4 Å². The molecule has 4 heterocycles. The molecule has 9 atom stereocenters. The minimum absolute atomic E-state index is 0.0704. The Morgan fingerprint density at radius 2 is 1.04 bits per heavy atom. The summed E-state index contributed by atoms with van der Waals surface area (Å²) in [5.41, 5.74) is 1.36. The highest BCUT2D eigenvalue weighted by atomic mass is 32.2. The maximum Gasteiger partial charge on any atom is 0.329 e. The predicted octanol–water partition coefficient (Wildman–Crippen LogP) is 1.85. The standard InChI is InChI=1S/C53H66N10O12S2/c1-27(2)40-51(72)74-24-38(59-44(65)34-21-32-17-13-15-19-36(32)55-23-34)46(67)57-30(6)48(69)63(10)42-50(71)62(9)41(28(3)4)52(73)75-25-37(58-43(64)33-20-31-16-12-14-18-35(31)54-22-33)45(66)56-29(5)47(68)60(7)39(49(70)61(40)8)26-77-53(42)76-11/h12-23,27-30,37-42,53H,24-26H2,1-11H3,(H,56,66)(H,57,67)(H,58,64)(H,59,65)/t29-,30+,37-,38-,39-,40-,41+,42+,53+/m1/s1. The van der Waals surface area contributed by atoms with Crippen LogP contribution in [0, 0.1) is 11.8 Å². The molecule has 412 valence electrons. The maximum absolute atomic E-state index is 15.2. The number of rotatable bonds is 7. The molecule has 0 spiro atoms. The number of para-hydroxylation sites is 2. The van der Waals surface area contributed by atoms with Gasteiger partial charge in [0.2, 0.25) is 35.4 Å². The lowest BCUT2D eigenvalue weighted by Gasteiger charge is -2.40. The van der Waals surface area contributed by atoms with Gasteiger partial charge in [0.1, 0.15) is 61.5 Å². The summed E-state index contributed by atoms with van der Waals surface area (Å²) in [6, 6.07) is 5.68. The average molecular weight is 1100 g/mol. The number of ether oxygens (including phenoxy) is 2. The first-order chi connectivity index (χ1) is 36.4. The van der Waals surface area contributed by atoms with E-state index < -0.39 is 137 Å². The number of likely N-dealkylation sites (N-methyl/N-ethyl adjacent to an activating group) is 4. The number of amides is 8. The maximum atomic E-state index is 15.2. The fourth-order valence-electron chi connectivity index (χ4n) is 9.15. The number of nitrogens with zero attached hydrogens (tertiary/aromatic N) is 6. The summed E-state index contributed by atoms with van der Waals surface area (Å²) in [5.74, 6) is -9.95. The van der Waals surface area contributed by atoms with E-state index in [2.05, 4.69) is 31.2 Å². The molecule has 24 heteroatoms. The van der Waals surface area contributed by atoms with E-state index in [0.717, 1.165) is 43.1 Å². The van der Waals surface area contributed by atoms with Crippen molar-refractivity contribution in [1.82, 2.24) is 50.8 Å². The zero-order valence-electron chi connectivity index (χ0n) is 44.8. The minimum atomic E-state index is -1.62. The first kappa shape index (κ1) is 58.9. The number of thioether (sulfide) groups is 2. The molecular formula is C53H66N10O12S2. The van der Waals surface area contributed by atoms with Gasteiger partial charge in [0.05, 0.1) is 26.7 Å². The van der Waals surface area contributed by atoms with Crippen molar-refractivity contribution in [3.05, 3.63) is 84.2 Å². The van der Waals surface area contributed by atoms with E-state index in [4.69, 9.17) is 9.47 Å². The number of carbonyl (C=O) groups excluding carboxylic acids is 10. The zero-order chi connectivity index (χ0) is 56.6. The van der Waals surface area contributed by atoms with Crippen LogP contribution in [0.2, 0.25) is 0 Å². The molecule has 2 aromatic carbocycles. The fourth-order valence-corrected chi connectivity index (χ4v) is 11.7. The first-order valence-corrected chi connectivity index (χ1v) is 27.3. The van der Waals surface area contributed by atoms with Gasteiger partial charge in [-0.2, -0.15) is 0 Å². The van der Waals surface area contributed by atoms with Crippen LogP contribution in [0.4, 0.5) is 0 Å². The summed E-state index contributed by atoms with van der Waals surface area (Å²) in [5, 5.41) is 11.7. The molecule has 2 fully saturated rings. The molecule has 2 aromatic heterocycles. The topological polar surface area (TPSA) is 276 Å². The van der Waals surface area contributed by atoms with Crippen molar-refractivity contribution in [2.45, 2.75) is 94.5 Å². The van der Waals surface area contributed by atoms with Gasteiger partial charge < -0.3 is 50.3 Å². The molecule has 0 radical (unpaired) electrons. The summed E-state index contributed by atoms with van der Waals surface area (Å²) >= 11 is 2.18. The number of carbonyl (C=O) groups is 10. The van der Waals surface area contributed by atoms with Crippen LogP contribution in [0.1, 0.15) is 62.3 Å². The van der Waals surface area contributed by atoms with Crippen LogP contribution in [0.3, 0.4) is 0 Å². The van der Waals surface area contributed by atoms with Gasteiger partial charge >= 0.3 is 11.9 Å². The highest BCUT2D eigenvalue weighted by Gasteiger charge is 2.45. The monoisotopic (exact) mass is 1100 g/mol. The van der Waals surface area contributed by atoms with E-state index in [-0.39, 0.29) is 16.9 Å². The SMILES string of the molecule is CS[C@H]1SC[C@@H]2C(=O)N(C)[C@H](C(C)C)C(=O)OC[C@@H](NC(=O)c3cnc4ccccc4c3)C(=O)N[C@@H](C)C(=O)N(C)[C@H]1C(=O)N(C)[C@@H](C(C)C)C(=O)OC[C@@H](NC(=O)c1cnc3ccccc3c1)C(=O)N[C@H](C)C(=O)N2C. The summed E-state index contributed by atoms with van der Waals surface area (Å²) in [6.45, 7) is 7.84. The molecule has 6 rings (SSSR count). The summed E-state index contributed by atoms with van der Waals surface area (Å²) in [7, 11) is 5.38.